The fourth-order valence-electron chi connectivity index (χ4n) is 4.61. The lowest BCUT2D eigenvalue weighted by Crippen LogP contribution is -2.29. The summed E-state index contributed by atoms with van der Waals surface area (Å²) in [6, 6.07) is 17.6. The number of aryl methyl sites for hydroxylation is 2. The molecule has 1 aliphatic heterocycles. The fourth-order valence-corrected chi connectivity index (χ4v) is 4.61. The molecule has 1 aliphatic rings. The average Bonchev–Trinajstić information content (AvgIpc) is 3.17. The third-order valence-corrected chi connectivity index (χ3v) is 6.49. The SMILES string of the molecule is C=CCOc1ccc(C2c3c(oc4ccccc4c3=O)C(=O)N2c2ccc(C)c(C)c2)cc1OCC. The van der Waals surface area contributed by atoms with E-state index in [-0.39, 0.29) is 17.1 Å². The smallest absolute Gasteiger partial charge is 0.295 e. The highest BCUT2D eigenvalue weighted by Gasteiger charge is 2.44. The zero-order valence-corrected chi connectivity index (χ0v) is 20.5. The molecule has 0 saturated carbocycles. The molecule has 0 spiro atoms. The van der Waals surface area contributed by atoms with Crippen LogP contribution in [0.5, 0.6) is 11.5 Å². The quantitative estimate of drug-likeness (QED) is 0.297. The van der Waals surface area contributed by atoms with Crippen LogP contribution in [0.15, 0.2) is 82.5 Å². The number of benzene rings is 3. The molecule has 0 aliphatic carbocycles. The van der Waals surface area contributed by atoms with Crippen molar-refractivity contribution >= 4 is 22.6 Å². The number of hydrogen-bond donors (Lipinski definition) is 0. The molecular weight excluding hydrogens is 454 g/mol. The number of anilines is 1. The van der Waals surface area contributed by atoms with Crippen LogP contribution in [0.2, 0.25) is 0 Å². The summed E-state index contributed by atoms with van der Waals surface area (Å²) in [5.74, 6) is 0.800. The molecule has 1 atom stereocenters. The minimum Gasteiger partial charge on any atom is -0.490 e. The lowest BCUT2D eigenvalue weighted by molar-refractivity contribution is 0.0971. The van der Waals surface area contributed by atoms with Gasteiger partial charge in [-0.1, -0.05) is 36.9 Å². The minimum atomic E-state index is -0.692. The lowest BCUT2D eigenvalue weighted by atomic mass is 9.97. The maximum absolute atomic E-state index is 13.8. The van der Waals surface area contributed by atoms with Gasteiger partial charge in [0.15, 0.2) is 16.9 Å². The Bertz CT molecular complexity index is 1550. The molecular formula is C30H27NO5. The molecule has 0 N–H and O–H groups in total. The molecule has 1 unspecified atom stereocenters. The summed E-state index contributed by atoms with van der Waals surface area (Å²) in [5.41, 5.74) is 4.05. The van der Waals surface area contributed by atoms with Crippen molar-refractivity contribution < 1.29 is 18.7 Å². The number of carbonyl (C=O) groups is 1. The van der Waals surface area contributed by atoms with Crippen molar-refractivity contribution in [1.29, 1.82) is 0 Å². The molecule has 0 saturated heterocycles. The number of fused-ring (bicyclic) bond motifs is 2. The van der Waals surface area contributed by atoms with Crippen molar-refractivity contribution in [3.63, 3.8) is 0 Å². The zero-order chi connectivity index (χ0) is 25.4. The number of ether oxygens (including phenoxy) is 2. The van der Waals surface area contributed by atoms with Gasteiger partial charge in [-0.2, -0.15) is 0 Å². The molecule has 182 valence electrons. The Morgan fingerprint density at radius 3 is 2.53 bits per heavy atom. The van der Waals surface area contributed by atoms with Gasteiger partial charge in [0, 0.05) is 5.69 Å². The first-order valence-electron chi connectivity index (χ1n) is 11.9. The highest BCUT2D eigenvalue weighted by Crippen LogP contribution is 2.43. The third kappa shape index (κ3) is 3.85. The number of rotatable bonds is 7. The Kier molecular flexibility index (Phi) is 6.10. The van der Waals surface area contributed by atoms with E-state index in [9.17, 15) is 9.59 Å². The van der Waals surface area contributed by atoms with Crippen molar-refractivity contribution in [1.82, 2.24) is 0 Å². The Morgan fingerprint density at radius 2 is 1.78 bits per heavy atom. The molecule has 5 rings (SSSR count). The van der Waals surface area contributed by atoms with Crippen molar-refractivity contribution in [3.05, 3.63) is 112 Å². The molecule has 0 fully saturated rings. The molecule has 6 nitrogen and oxygen atoms in total. The van der Waals surface area contributed by atoms with Gasteiger partial charge >= 0.3 is 0 Å². The van der Waals surface area contributed by atoms with E-state index in [1.54, 1.807) is 41.3 Å². The van der Waals surface area contributed by atoms with Crippen LogP contribution in [0.25, 0.3) is 11.0 Å². The van der Waals surface area contributed by atoms with E-state index in [0.29, 0.717) is 46.9 Å². The van der Waals surface area contributed by atoms with E-state index in [1.165, 1.54) is 0 Å². The lowest BCUT2D eigenvalue weighted by Gasteiger charge is -2.26. The van der Waals surface area contributed by atoms with Gasteiger partial charge < -0.3 is 13.9 Å². The van der Waals surface area contributed by atoms with Crippen LogP contribution >= 0.6 is 0 Å². The molecule has 3 aromatic carbocycles. The predicted octanol–water partition coefficient (Wildman–Crippen LogP) is 6.12. The second kappa shape index (κ2) is 9.38. The molecule has 6 heteroatoms. The predicted molar refractivity (Wildman–Crippen MR) is 140 cm³/mol. The number of carbonyl (C=O) groups excluding carboxylic acids is 1. The number of hydrogen-bond acceptors (Lipinski definition) is 5. The summed E-state index contributed by atoms with van der Waals surface area (Å²) in [5, 5.41) is 0.437. The second-order valence-electron chi connectivity index (χ2n) is 8.76. The Morgan fingerprint density at radius 1 is 0.972 bits per heavy atom. The molecule has 0 bridgehead atoms. The summed E-state index contributed by atoms with van der Waals surface area (Å²) in [6.45, 7) is 10.4. The molecule has 0 radical (unpaired) electrons. The number of para-hydroxylation sites is 1. The van der Waals surface area contributed by atoms with Crippen LogP contribution < -0.4 is 19.8 Å². The highest BCUT2D eigenvalue weighted by atomic mass is 16.5. The van der Waals surface area contributed by atoms with Crippen LogP contribution in [0.4, 0.5) is 5.69 Å². The van der Waals surface area contributed by atoms with Gasteiger partial charge in [0.05, 0.1) is 23.6 Å². The maximum atomic E-state index is 13.8. The average molecular weight is 482 g/mol. The number of nitrogens with zero attached hydrogens (tertiary/aromatic N) is 1. The molecule has 1 aromatic heterocycles. The minimum absolute atomic E-state index is 0.0619. The van der Waals surface area contributed by atoms with Gasteiger partial charge in [-0.3, -0.25) is 14.5 Å². The fraction of sp³-hybridized carbons (Fsp3) is 0.200. The van der Waals surface area contributed by atoms with E-state index in [2.05, 4.69) is 6.58 Å². The summed E-state index contributed by atoms with van der Waals surface area (Å²) >= 11 is 0. The second-order valence-corrected chi connectivity index (χ2v) is 8.76. The molecule has 4 aromatic rings. The normalized spacial score (nSPS) is 14.7. The van der Waals surface area contributed by atoms with Crippen molar-refractivity contribution in [3.8, 4) is 11.5 Å². The van der Waals surface area contributed by atoms with Gasteiger partial charge in [0.1, 0.15) is 12.2 Å². The number of amides is 1. The highest BCUT2D eigenvalue weighted by molar-refractivity contribution is 6.10. The van der Waals surface area contributed by atoms with Crippen molar-refractivity contribution in [2.75, 3.05) is 18.1 Å². The first-order chi connectivity index (χ1) is 17.4. The summed E-state index contributed by atoms with van der Waals surface area (Å²) in [7, 11) is 0. The zero-order valence-electron chi connectivity index (χ0n) is 20.5. The van der Waals surface area contributed by atoms with Crippen LogP contribution in [-0.4, -0.2) is 19.1 Å². The van der Waals surface area contributed by atoms with Crippen molar-refractivity contribution in [2.24, 2.45) is 0 Å². The standard InChI is InChI=1S/C30H27NO5/c1-5-15-35-24-14-12-20(17-25(24)34-6-2)27-26-28(32)22-9-7-8-10-23(22)36-29(26)30(33)31(27)21-13-11-18(3)19(4)16-21/h5,7-14,16-17,27H,1,6,15H2,2-4H3. The first-order valence-corrected chi connectivity index (χ1v) is 11.9. The van der Waals surface area contributed by atoms with Gasteiger partial charge in [-0.25, -0.2) is 0 Å². The van der Waals surface area contributed by atoms with Crippen molar-refractivity contribution in [2.45, 2.75) is 26.8 Å². The monoisotopic (exact) mass is 481 g/mol. The van der Waals surface area contributed by atoms with E-state index < -0.39 is 6.04 Å². The molecule has 1 amide bonds. The van der Waals surface area contributed by atoms with Crippen LogP contribution in [0.1, 0.15) is 45.8 Å². The molecule has 2 heterocycles. The van der Waals surface area contributed by atoms with Gasteiger partial charge in [-0.15, -0.1) is 0 Å². The third-order valence-electron chi connectivity index (χ3n) is 6.49. The maximum Gasteiger partial charge on any atom is 0.295 e. The van der Waals surface area contributed by atoms with Gasteiger partial charge in [0.2, 0.25) is 5.76 Å². The Hall–Kier alpha value is -4.32. The summed E-state index contributed by atoms with van der Waals surface area (Å²) in [6.07, 6.45) is 1.66. The Balaban J connectivity index is 1.76. The largest absolute Gasteiger partial charge is 0.490 e. The van der Waals surface area contributed by atoms with E-state index in [1.807, 2.05) is 51.1 Å². The van der Waals surface area contributed by atoms with E-state index >= 15 is 0 Å². The van der Waals surface area contributed by atoms with E-state index in [4.69, 9.17) is 13.9 Å². The molecule has 36 heavy (non-hydrogen) atoms. The van der Waals surface area contributed by atoms with Crippen LogP contribution in [-0.2, 0) is 0 Å². The summed E-state index contributed by atoms with van der Waals surface area (Å²) in [4.78, 5) is 29.2. The van der Waals surface area contributed by atoms with Crippen LogP contribution in [0, 0.1) is 13.8 Å². The van der Waals surface area contributed by atoms with Gasteiger partial charge in [-0.05, 0) is 73.9 Å². The summed E-state index contributed by atoms with van der Waals surface area (Å²) < 4.78 is 17.7. The van der Waals surface area contributed by atoms with Gasteiger partial charge in [0.25, 0.3) is 5.91 Å². The van der Waals surface area contributed by atoms with Crippen LogP contribution in [0.3, 0.4) is 0 Å². The first kappa shape index (κ1) is 23.4. The van der Waals surface area contributed by atoms with E-state index in [0.717, 1.165) is 16.7 Å². The topological polar surface area (TPSA) is 69.0 Å². The Labute approximate surface area is 209 Å².